The molecule has 1 saturated carbocycles. The van der Waals surface area contributed by atoms with E-state index in [1.165, 1.54) is 0 Å². The van der Waals surface area contributed by atoms with Crippen LogP contribution in [0.3, 0.4) is 0 Å². The monoisotopic (exact) mass is 223 g/mol. The molecule has 2 rings (SSSR count). The number of aliphatic hydroxyl groups is 1. The van der Waals surface area contributed by atoms with Crippen molar-refractivity contribution >= 4 is 0 Å². The molecular weight excluding hydrogens is 202 g/mol. The molecule has 0 atom stereocenters. The van der Waals surface area contributed by atoms with Crippen LogP contribution in [0.4, 0.5) is 0 Å². The average molecular weight is 223 g/mol. The van der Waals surface area contributed by atoms with Crippen LogP contribution in [0.25, 0.3) is 0 Å². The van der Waals surface area contributed by atoms with Crippen molar-refractivity contribution in [2.45, 2.75) is 45.4 Å². The molecule has 0 saturated heterocycles. The van der Waals surface area contributed by atoms with Crippen LogP contribution in [0.5, 0.6) is 0 Å². The zero-order valence-corrected chi connectivity index (χ0v) is 9.89. The molecule has 1 heterocycles. The minimum atomic E-state index is -0.0473. The molecular formula is C12H21N3O. The topological polar surface area (TPSA) is 50.1 Å². The van der Waals surface area contributed by atoms with Crippen molar-refractivity contribution in [2.24, 2.45) is 5.92 Å². The van der Waals surface area contributed by atoms with Gasteiger partial charge in [-0.05, 0) is 31.7 Å². The average Bonchev–Trinajstić information content (AvgIpc) is 2.64. The molecule has 0 unspecified atom stereocenters. The van der Waals surface area contributed by atoms with E-state index in [2.05, 4.69) is 21.8 Å². The maximum Gasteiger partial charge on any atom is 0.122 e. The second-order valence-electron chi connectivity index (χ2n) is 4.66. The predicted molar refractivity (Wildman–Crippen MR) is 63.0 cm³/mol. The molecule has 2 N–H and O–H groups in total. The molecule has 1 aliphatic rings. The van der Waals surface area contributed by atoms with Crippen LogP contribution in [0, 0.1) is 5.92 Å². The van der Waals surface area contributed by atoms with E-state index >= 15 is 0 Å². The first-order valence-electron chi connectivity index (χ1n) is 6.18. The summed E-state index contributed by atoms with van der Waals surface area (Å²) in [5.41, 5.74) is 0. The second-order valence-corrected chi connectivity index (χ2v) is 4.66. The number of hydrogen-bond acceptors (Lipinski definition) is 3. The van der Waals surface area contributed by atoms with Gasteiger partial charge >= 0.3 is 0 Å². The van der Waals surface area contributed by atoms with Gasteiger partial charge in [0.15, 0.2) is 0 Å². The van der Waals surface area contributed by atoms with Crippen molar-refractivity contribution in [3.63, 3.8) is 0 Å². The van der Waals surface area contributed by atoms with Crippen molar-refractivity contribution in [2.75, 3.05) is 6.54 Å². The number of nitrogens with one attached hydrogen (secondary N) is 1. The van der Waals surface area contributed by atoms with Crippen molar-refractivity contribution in [3.8, 4) is 0 Å². The van der Waals surface area contributed by atoms with E-state index in [9.17, 15) is 5.11 Å². The van der Waals surface area contributed by atoms with Crippen LogP contribution in [0.2, 0.25) is 0 Å². The molecule has 1 fully saturated rings. The summed E-state index contributed by atoms with van der Waals surface area (Å²) in [5, 5.41) is 12.6. The minimum absolute atomic E-state index is 0.0473. The summed E-state index contributed by atoms with van der Waals surface area (Å²) in [6.07, 6.45) is 6.90. The number of aromatic nitrogens is 2. The summed E-state index contributed by atoms with van der Waals surface area (Å²) in [5.74, 6) is 1.77. The molecule has 0 aromatic carbocycles. The lowest BCUT2D eigenvalue weighted by molar-refractivity contribution is 0.0429. The van der Waals surface area contributed by atoms with Gasteiger partial charge in [-0.1, -0.05) is 6.92 Å². The van der Waals surface area contributed by atoms with Crippen molar-refractivity contribution in [1.82, 2.24) is 14.9 Å². The molecule has 0 spiro atoms. The summed E-state index contributed by atoms with van der Waals surface area (Å²) in [6.45, 7) is 5.04. The van der Waals surface area contributed by atoms with E-state index in [-0.39, 0.29) is 6.10 Å². The van der Waals surface area contributed by atoms with Gasteiger partial charge in [-0.15, -0.1) is 0 Å². The summed E-state index contributed by atoms with van der Waals surface area (Å²) in [6, 6.07) is 0. The van der Waals surface area contributed by atoms with E-state index in [0.717, 1.165) is 44.7 Å². The van der Waals surface area contributed by atoms with Gasteiger partial charge in [-0.2, -0.15) is 0 Å². The molecule has 0 radical (unpaired) electrons. The third-order valence-corrected chi connectivity index (χ3v) is 3.19. The number of nitrogens with zero attached hydrogens (tertiary/aromatic N) is 2. The van der Waals surface area contributed by atoms with Gasteiger partial charge in [0.25, 0.3) is 0 Å². The van der Waals surface area contributed by atoms with E-state index in [0.29, 0.717) is 5.92 Å². The smallest absolute Gasteiger partial charge is 0.122 e. The van der Waals surface area contributed by atoms with Crippen LogP contribution in [0.15, 0.2) is 12.4 Å². The first kappa shape index (κ1) is 11.6. The zero-order valence-electron chi connectivity index (χ0n) is 9.89. The molecule has 1 aromatic heterocycles. The van der Waals surface area contributed by atoms with Crippen LogP contribution in [-0.4, -0.2) is 27.3 Å². The van der Waals surface area contributed by atoms with Gasteiger partial charge in [-0.25, -0.2) is 4.98 Å². The van der Waals surface area contributed by atoms with E-state index in [1.807, 2.05) is 12.4 Å². The molecule has 90 valence electrons. The Labute approximate surface area is 96.7 Å². The quantitative estimate of drug-likeness (QED) is 0.760. The SMILES string of the molecule is CCCn1ccnc1CNCC1CC(O)C1. The highest BCUT2D eigenvalue weighted by Gasteiger charge is 2.26. The Kier molecular flexibility index (Phi) is 3.96. The van der Waals surface area contributed by atoms with Gasteiger partial charge < -0.3 is 15.0 Å². The second kappa shape index (κ2) is 5.46. The highest BCUT2D eigenvalue weighted by atomic mass is 16.3. The third kappa shape index (κ3) is 2.83. The normalized spacial score (nSPS) is 24.4. The molecule has 0 bridgehead atoms. The highest BCUT2D eigenvalue weighted by molar-refractivity contribution is 4.92. The largest absolute Gasteiger partial charge is 0.393 e. The summed E-state index contributed by atoms with van der Waals surface area (Å²) in [7, 11) is 0. The minimum Gasteiger partial charge on any atom is -0.393 e. The molecule has 0 amide bonds. The molecule has 16 heavy (non-hydrogen) atoms. The lowest BCUT2D eigenvalue weighted by Crippen LogP contribution is -2.36. The Bertz CT molecular complexity index is 318. The molecule has 1 aromatic rings. The maximum atomic E-state index is 9.17. The molecule has 1 aliphatic carbocycles. The fourth-order valence-electron chi connectivity index (χ4n) is 2.21. The van der Waals surface area contributed by atoms with Gasteiger partial charge in [0.1, 0.15) is 5.82 Å². The Morgan fingerprint density at radius 1 is 1.56 bits per heavy atom. The summed E-state index contributed by atoms with van der Waals surface area (Å²) in [4.78, 5) is 4.34. The van der Waals surface area contributed by atoms with Crippen molar-refractivity contribution < 1.29 is 5.11 Å². The maximum absolute atomic E-state index is 9.17. The number of imidazole rings is 1. The molecule has 0 aliphatic heterocycles. The Morgan fingerprint density at radius 3 is 3.06 bits per heavy atom. The zero-order chi connectivity index (χ0) is 11.4. The fourth-order valence-corrected chi connectivity index (χ4v) is 2.21. The summed E-state index contributed by atoms with van der Waals surface area (Å²) >= 11 is 0. The van der Waals surface area contributed by atoms with E-state index < -0.39 is 0 Å². The van der Waals surface area contributed by atoms with Crippen LogP contribution < -0.4 is 5.32 Å². The third-order valence-electron chi connectivity index (χ3n) is 3.19. The van der Waals surface area contributed by atoms with Gasteiger partial charge in [-0.3, -0.25) is 0 Å². The van der Waals surface area contributed by atoms with Gasteiger partial charge in [0.05, 0.1) is 12.6 Å². The lowest BCUT2D eigenvalue weighted by atomic mass is 9.82. The molecule has 4 nitrogen and oxygen atoms in total. The fraction of sp³-hybridized carbons (Fsp3) is 0.750. The first-order chi connectivity index (χ1) is 7.79. The summed E-state index contributed by atoms with van der Waals surface area (Å²) < 4.78 is 2.20. The van der Waals surface area contributed by atoms with Crippen molar-refractivity contribution in [1.29, 1.82) is 0 Å². The number of aliphatic hydroxyl groups excluding tert-OH is 1. The van der Waals surface area contributed by atoms with Crippen LogP contribution in [-0.2, 0) is 13.1 Å². The van der Waals surface area contributed by atoms with E-state index in [4.69, 9.17) is 0 Å². The van der Waals surface area contributed by atoms with Crippen molar-refractivity contribution in [3.05, 3.63) is 18.2 Å². The standard InChI is InChI=1S/C12H21N3O/c1-2-4-15-5-3-14-12(15)9-13-8-10-6-11(16)7-10/h3,5,10-11,13,16H,2,4,6-9H2,1H3. The first-order valence-corrected chi connectivity index (χ1v) is 6.18. The van der Waals surface area contributed by atoms with Crippen LogP contribution >= 0.6 is 0 Å². The Hall–Kier alpha value is -0.870. The van der Waals surface area contributed by atoms with Crippen LogP contribution in [0.1, 0.15) is 32.0 Å². The van der Waals surface area contributed by atoms with Gasteiger partial charge in [0.2, 0.25) is 0 Å². The van der Waals surface area contributed by atoms with E-state index in [1.54, 1.807) is 0 Å². The number of hydrogen-bond donors (Lipinski definition) is 2. The lowest BCUT2D eigenvalue weighted by Gasteiger charge is -2.31. The highest BCUT2D eigenvalue weighted by Crippen LogP contribution is 2.26. The van der Waals surface area contributed by atoms with Gasteiger partial charge in [0, 0.05) is 18.9 Å². The number of rotatable bonds is 6. The Balaban J connectivity index is 1.70. The Morgan fingerprint density at radius 2 is 2.38 bits per heavy atom. The predicted octanol–water partition coefficient (Wildman–Crippen LogP) is 1.15. The number of aryl methyl sites for hydroxylation is 1. The molecule has 4 heteroatoms.